The number of methoxy groups -OCH3 is 1. The fraction of sp³-hybridized carbons (Fsp3) is 0.234. The van der Waals surface area contributed by atoms with E-state index in [4.69, 9.17) is 4.74 Å². The molecule has 0 saturated carbocycles. The van der Waals surface area contributed by atoms with Gasteiger partial charge in [-0.25, -0.2) is 0 Å². The third-order valence-corrected chi connectivity index (χ3v) is 15.0. The van der Waals surface area contributed by atoms with Crippen molar-refractivity contribution in [3.05, 3.63) is 179 Å². The monoisotopic (exact) mass is 1230 g/mol. The van der Waals surface area contributed by atoms with E-state index in [1.807, 2.05) is 11.8 Å². The zero-order valence-electron chi connectivity index (χ0n) is 36.9. The van der Waals surface area contributed by atoms with Crippen molar-refractivity contribution in [3.63, 3.8) is 0 Å². The topological polar surface area (TPSA) is 9.23 Å². The largest absolute Gasteiger partial charge is 0.416 e. The molecule has 406 valence electrons. The molecule has 28 heteroatoms. The van der Waals surface area contributed by atoms with Crippen molar-refractivity contribution in [3.8, 4) is 0 Å². The molecule has 0 aromatic heterocycles. The summed E-state index contributed by atoms with van der Waals surface area (Å²) in [5.74, 6) is 1.02. The standard InChI is InChI=1S/C32H12BF24.C15H16IOS/c34-25(35,36)13-1-14(26(37,38)39)6-21(5-13)33(22-7-15(27(40,41)42)2-16(8-22)28(43,44)45,23-9-17(29(46,47)48)3-18(10-23)30(49,50)51)24-11-19(31(52,53)54)4-20(12-24)32(55,56)57;1-17-11-12-18-15-10-6-5-9-14(15)16-13-7-3-2-4-8-13/h1-12H;2-10H,11-12H2,1H3/q-1;+1. The fourth-order valence-electron chi connectivity index (χ4n) is 7.54. The molecule has 0 aliphatic rings. The maximum atomic E-state index is 14.2. The summed E-state index contributed by atoms with van der Waals surface area (Å²) in [4.78, 5) is 1.41. The lowest BCUT2D eigenvalue weighted by Crippen LogP contribution is -3.61. The van der Waals surface area contributed by atoms with E-state index in [0.717, 1.165) is 12.4 Å². The fourth-order valence-corrected chi connectivity index (χ4v) is 11.4. The highest BCUT2D eigenvalue weighted by atomic mass is 127. The van der Waals surface area contributed by atoms with Crippen molar-refractivity contribution in [2.24, 2.45) is 0 Å². The van der Waals surface area contributed by atoms with E-state index in [9.17, 15) is 105 Å². The van der Waals surface area contributed by atoms with Gasteiger partial charge < -0.3 is 4.74 Å². The molecule has 6 aromatic carbocycles. The number of alkyl halides is 24. The Bertz CT molecular complexity index is 2500. The molecule has 0 aliphatic carbocycles. The molecule has 6 aromatic rings. The number of hydrogen-bond acceptors (Lipinski definition) is 2. The maximum absolute atomic E-state index is 14.2. The van der Waals surface area contributed by atoms with Gasteiger partial charge in [-0.05, 0) is 48.5 Å². The van der Waals surface area contributed by atoms with Crippen LogP contribution in [0.1, 0.15) is 44.5 Å². The normalized spacial score (nSPS) is 13.4. The minimum Gasteiger partial charge on any atom is -0.384 e. The smallest absolute Gasteiger partial charge is 0.384 e. The van der Waals surface area contributed by atoms with E-state index >= 15 is 0 Å². The molecule has 0 amide bonds. The van der Waals surface area contributed by atoms with E-state index in [2.05, 4.69) is 54.6 Å². The van der Waals surface area contributed by atoms with Crippen molar-refractivity contribution < 1.29 is 131 Å². The lowest BCUT2D eigenvalue weighted by Gasteiger charge is -2.46. The van der Waals surface area contributed by atoms with Gasteiger partial charge in [0, 0.05) is 12.9 Å². The van der Waals surface area contributed by atoms with Crippen molar-refractivity contribution in [1.29, 1.82) is 0 Å². The Balaban J connectivity index is 0.000000483. The molecule has 0 radical (unpaired) electrons. The summed E-state index contributed by atoms with van der Waals surface area (Å²) in [6.07, 6.45) is -54.8. The molecule has 0 aliphatic heterocycles. The molecule has 0 heterocycles. The van der Waals surface area contributed by atoms with Gasteiger partial charge >= 0.3 is 70.6 Å². The maximum Gasteiger partial charge on any atom is 0.416 e. The molecule has 0 fully saturated rings. The van der Waals surface area contributed by atoms with Crippen LogP contribution >= 0.6 is 11.8 Å². The van der Waals surface area contributed by atoms with E-state index in [1.165, 1.54) is 12.0 Å². The predicted molar refractivity (Wildman–Crippen MR) is 223 cm³/mol. The lowest BCUT2D eigenvalue weighted by molar-refractivity contribution is -0.601. The van der Waals surface area contributed by atoms with E-state index < -0.39 is 195 Å². The summed E-state index contributed by atoms with van der Waals surface area (Å²) in [5.41, 5.74) is -30.2. The number of rotatable bonds is 10. The van der Waals surface area contributed by atoms with E-state index in [1.54, 1.807) is 7.11 Å². The van der Waals surface area contributed by atoms with Gasteiger partial charge in [0.05, 0.1) is 56.0 Å². The van der Waals surface area contributed by atoms with Crippen LogP contribution in [0.3, 0.4) is 0 Å². The van der Waals surface area contributed by atoms with Crippen molar-refractivity contribution in [2.75, 3.05) is 19.5 Å². The molecule has 0 unspecified atom stereocenters. The highest BCUT2D eigenvalue weighted by molar-refractivity contribution is 7.99. The van der Waals surface area contributed by atoms with Crippen LogP contribution in [0.2, 0.25) is 0 Å². The zero-order chi connectivity index (χ0) is 56.5. The molecule has 1 nitrogen and oxygen atoms in total. The second-order valence-electron chi connectivity index (χ2n) is 15.9. The van der Waals surface area contributed by atoms with Gasteiger partial charge in [0.25, 0.3) is 0 Å². The first-order valence-electron chi connectivity index (χ1n) is 20.4. The van der Waals surface area contributed by atoms with Crippen molar-refractivity contribution in [2.45, 2.75) is 54.3 Å². The molecule has 0 spiro atoms. The Morgan fingerprint density at radius 1 is 0.360 bits per heavy atom. The Kier molecular flexibility index (Phi) is 17.8. The van der Waals surface area contributed by atoms with Gasteiger partial charge in [-0.3, -0.25) is 0 Å². The number of ether oxygens (including phenoxy) is 1. The number of halogens is 25. The third kappa shape index (κ3) is 15.0. The van der Waals surface area contributed by atoms with Gasteiger partial charge in [-0.15, -0.1) is 11.8 Å². The van der Waals surface area contributed by atoms with Crippen LogP contribution in [-0.2, 0) is 54.1 Å². The number of thioether (sulfide) groups is 1. The zero-order valence-corrected chi connectivity index (χ0v) is 39.9. The molecule has 0 atom stereocenters. The summed E-state index contributed by atoms with van der Waals surface area (Å²) in [7, 11) is 1.75. The van der Waals surface area contributed by atoms with Crippen LogP contribution in [0.15, 0.2) is 132 Å². The molecule has 0 saturated heterocycles. The summed E-state index contributed by atoms with van der Waals surface area (Å²) in [6, 6.07) is 10.7. The molecular weight excluding hydrogens is 1210 g/mol. The third-order valence-electron chi connectivity index (χ3n) is 10.8. The van der Waals surface area contributed by atoms with Crippen molar-refractivity contribution >= 4 is 39.8 Å². The van der Waals surface area contributed by atoms with Crippen LogP contribution in [0.4, 0.5) is 105 Å². The van der Waals surface area contributed by atoms with Gasteiger partial charge in [0.2, 0.25) is 3.57 Å². The summed E-state index contributed by atoms with van der Waals surface area (Å²) < 4.78 is 349. The lowest BCUT2D eigenvalue weighted by atomic mass is 9.12. The van der Waals surface area contributed by atoms with E-state index in [-0.39, 0.29) is 21.2 Å². The van der Waals surface area contributed by atoms with E-state index in [0.29, 0.717) is 0 Å². The van der Waals surface area contributed by atoms with Gasteiger partial charge in [0.1, 0.15) is 6.15 Å². The van der Waals surface area contributed by atoms with Crippen LogP contribution in [0.25, 0.3) is 0 Å². The minimum atomic E-state index is -6.13. The SMILES string of the molecule is COCCSc1ccccc1[I+]c1ccccc1.FC(F)(F)c1cc([B-](c2cc(C(F)(F)F)cc(C(F)(F)F)c2)(c2cc(C(F)(F)F)cc(C(F)(F)F)c2)c2cc(C(F)(F)F)cc(C(F)(F)F)c2)cc(C(F)(F)F)c1. The van der Waals surface area contributed by atoms with Gasteiger partial charge in [0.15, 0.2) is 3.57 Å². The average molecular weight is 1230 g/mol. The molecule has 0 N–H and O–H groups in total. The van der Waals surface area contributed by atoms with Crippen LogP contribution in [0, 0.1) is 7.14 Å². The first kappa shape index (κ1) is 60.6. The first-order valence-corrected chi connectivity index (χ1v) is 23.6. The predicted octanol–water partition coefficient (Wildman–Crippen LogP) is 11.8. The van der Waals surface area contributed by atoms with Crippen LogP contribution < -0.4 is 43.1 Å². The van der Waals surface area contributed by atoms with Crippen LogP contribution in [-0.4, -0.2) is 25.6 Å². The number of benzene rings is 6. The Morgan fingerprint density at radius 3 is 0.867 bits per heavy atom. The number of hydrogen-bond donors (Lipinski definition) is 0. The second-order valence-corrected chi connectivity index (χ2v) is 20.0. The molecule has 0 bridgehead atoms. The summed E-state index contributed by atoms with van der Waals surface area (Å²) in [5, 5.41) is 0. The quantitative estimate of drug-likeness (QED) is 0.0444. The molecular formula is C47H28BF24IOS. The average Bonchev–Trinajstić information content (AvgIpc) is 3.28. The highest BCUT2D eigenvalue weighted by Gasteiger charge is 2.47. The van der Waals surface area contributed by atoms with Crippen LogP contribution in [0.5, 0.6) is 0 Å². The van der Waals surface area contributed by atoms with Gasteiger partial charge in [-0.1, -0.05) is 78.9 Å². The van der Waals surface area contributed by atoms with Crippen molar-refractivity contribution in [1.82, 2.24) is 0 Å². The first-order chi connectivity index (χ1) is 34.2. The highest BCUT2D eigenvalue weighted by Crippen LogP contribution is 2.41. The Hall–Kier alpha value is -5.26. The molecule has 75 heavy (non-hydrogen) atoms. The van der Waals surface area contributed by atoms with Gasteiger partial charge in [-0.2, -0.15) is 127 Å². The second kappa shape index (κ2) is 22.0. The molecule has 6 rings (SSSR count). The summed E-state index contributed by atoms with van der Waals surface area (Å²) in [6.45, 7) is 0.808. The Labute approximate surface area is 422 Å². The Morgan fingerprint density at radius 2 is 0.613 bits per heavy atom. The summed E-state index contributed by atoms with van der Waals surface area (Å²) >= 11 is 1.82. The minimum absolute atomic E-state index is 0.0769.